The molecular weight excluding hydrogens is 666 g/mol. The Morgan fingerprint density at radius 3 is 2.23 bits per heavy atom. The third-order valence-corrected chi connectivity index (χ3v) is 8.61. The SMILES string of the molecule is COc1cc(OC)c(CNNC(=O)[C@@]2(Cc3ccccc3Br)N=C(c3ccc(OCCCO)cc3)O[C@H]2c2ccccc2)c(OC)c1. The molecule has 0 saturated heterocycles. The number of nitrogens with one attached hydrogen (secondary N) is 2. The van der Waals surface area contributed by atoms with Crippen LogP contribution < -0.4 is 29.8 Å². The third kappa shape index (κ3) is 7.70. The smallest absolute Gasteiger partial charge is 0.266 e. The molecule has 2 atom stereocenters. The Labute approximate surface area is 282 Å². The minimum atomic E-state index is -1.40. The van der Waals surface area contributed by atoms with Gasteiger partial charge in [0.2, 0.25) is 5.90 Å². The van der Waals surface area contributed by atoms with Crippen molar-refractivity contribution in [3.63, 3.8) is 0 Å². The number of aliphatic imine (C=N–C) groups is 1. The van der Waals surface area contributed by atoms with E-state index in [1.165, 1.54) is 0 Å². The molecule has 1 aliphatic heterocycles. The van der Waals surface area contributed by atoms with Crippen molar-refractivity contribution in [1.29, 1.82) is 0 Å². The molecule has 4 aromatic rings. The lowest BCUT2D eigenvalue weighted by Gasteiger charge is -2.31. The van der Waals surface area contributed by atoms with E-state index in [2.05, 4.69) is 26.8 Å². The zero-order valence-electron chi connectivity index (χ0n) is 26.5. The maximum absolute atomic E-state index is 14.5. The molecule has 0 spiro atoms. The number of carbonyl (C=O) groups excluding carboxylic acids is 1. The number of hydrazine groups is 1. The summed E-state index contributed by atoms with van der Waals surface area (Å²) in [5.74, 6) is 2.28. The minimum absolute atomic E-state index is 0.0569. The summed E-state index contributed by atoms with van der Waals surface area (Å²) in [5.41, 5.74) is 7.68. The molecule has 1 amide bonds. The van der Waals surface area contributed by atoms with Crippen molar-refractivity contribution in [3.8, 4) is 23.0 Å². The van der Waals surface area contributed by atoms with E-state index >= 15 is 0 Å². The first-order valence-electron chi connectivity index (χ1n) is 15.1. The Hall–Kier alpha value is -4.58. The number of amides is 1. The molecule has 0 saturated carbocycles. The highest BCUT2D eigenvalue weighted by Crippen LogP contribution is 2.43. The van der Waals surface area contributed by atoms with Crippen molar-refractivity contribution < 1.29 is 33.6 Å². The van der Waals surface area contributed by atoms with Crippen molar-refractivity contribution in [2.24, 2.45) is 4.99 Å². The Kier molecular flexibility index (Phi) is 11.4. The highest BCUT2D eigenvalue weighted by atomic mass is 79.9. The molecule has 0 unspecified atom stereocenters. The predicted molar refractivity (Wildman–Crippen MR) is 182 cm³/mol. The van der Waals surface area contributed by atoms with Gasteiger partial charge in [0.05, 0.1) is 33.5 Å². The van der Waals surface area contributed by atoms with Crippen LogP contribution in [-0.2, 0) is 22.5 Å². The lowest BCUT2D eigenvalue weighted by molar-refractivity contribution is -0.130. The summed E-state index contributed by atoms with van der Waals surface area (Å²) in [6.45, 7) is 0.652. The highest BCUT2D eigenvalue weighted by molar-refractivity contribution is 9.10. The van der Waals surface area contributed by atoms with Crippen LogP contribution in [0.4, 0.5) is 0 Å². The first-order valence-corrected chi connectivity index (χ1v) is 15.9. The van der Waals surface area contributed by atoms with Gasteiger partial charge in [-0.1, -0.05) is 64.5 Å². The molecule has 47 heavy (non-hydrogen) atoms. The number of carbonyl (C=O) groups is 1. The zero-order chi connectivity index (χ0) is 33.2. The Balaban J connectivity index is 1.51. The van der Waals surface area contributed by atoms with E-state index in [-0.39, 0.29) is 25.5 Å². The number of nitrogens with zero attached hydrogens (tertiary/aromatic N) is 1. The third-order valence-electron chi connectivity index (χ3n) is 7.83. The summed E-state index contributed by atoms with van der Waals surface area (Å²) >= 11 is 3.67. The Morgan fingerprint density at radius 2 is 1.60 bits per heavy atom. The summed E-state index contributed by atoms with van der Waals surface area (Å²) in [5, 5.41) is 9.08. The van der Waals surface area contributed by atoms with E-state index < -0.39 is 11.6 Å². The number of benzene rings is 4. The van der Waals surface area contributed by atoms with Crippen LogP contribution in [0.5, 0.6) is 23.0 Å². The van der Waals surface area contributed by atoms with Crippen molar-refractivity contribution in [2.45, 2.75) is 31.0 Å². The topological polar surface area (TPSA) is 120 Å². The van der Waals surface area contributed by atoms with Gasteiger partial charge in [-0.3, -0.25) is 10.2 Å². The van der Waals surface area contributed by atoms with Gasteiger partial charge < -0.3 is 28.8 Å². The number of halogens is 1. The zero-order valence-corrected chi connectivity index (χ0v) is 28.1. The van der Waals surface area contributed by atoms with Crippen LogP contribution in [0.25, 0.3) is 0 Å². The van der Waals surface area contributed by atoms with E-state index in [1.807, 2.05) is 78.9 Å². The average Bonchev–Trinajstić information content (AvgIpc) is 3.50. The van der Waals surface area contributed by atoms with Crippen LogP contribution in [0.1, 0.15) is 34.8 Å². The molecule has 0 aliphatic carbocycles. The monoisotopic (exact) mass is 703 g/mol. The molecule has 4 aromatic carbocycles. The van der Waals surface area contributed by atoms with Gasteiger partial charge in [-0.25, -0.2) is 10.4 Å². The fourth-order valence-corrected chi connectivity index (χ4v) is 5.84. The number of aliphatic hydroxyl groups is 1. The number of methoxy groups -OCH3 is 3. The number of aliphatic hydroxyl groups excluding tert-OH is 1. The standard InChI is InChI=1S/C36H38BrN3O7/c1-43-28-20-31(44-2)29(32(21-28)45-3)23-38-40-35(42)36(22-26-12-7-8-13-30(26)37)33(24-10-5-4-6-11-24)47-34(39-36)25-14-16-27(17-15-25)46-19-9-18-41/h4-8,10-17,20-21,33,38,41H,9,18-19,22-23H2,1-3H3,(H,40,42)/t33-,36-/m0/s1. The van der Waals surface area contributed by atoms with Crippen LogP contribution in [0.3, 0.4) is 0 Å². The second-order valence-corrected chi connectivity index (χ2v) is 11.6. The maximum Gasteiger partial charge on any atom is 0.266 e. The van der Waals surface area contributed by atoms with Gasteiger partial charge in [-0.15, -0.1) is 0 Å². The second kappa shape index (κ2) is 15.8. The van der Waals surface area contributed by atoms with E-state index in [4.69, 9.17) is 33.8 Å². The molecule has 0 radical (unpaired) electrons. The van der Waals surface area contributed by atoms with Crippen molar-refractivity contribution >= 4 is 27.7 Å². The summed E-state index contributed by atoms with van der Waals surface area (Å²) in [6.07, 6.45) is 0.0237. The van der Waals surface area contributed by atoms with E-state index in [1.54, 1.807) is 33.5 Å². The molecule has 246 valence electrons. The molecule has 11 heteroatoms. The van der Waals surface area contributed by atoms with Gasteiger partial charge in [0.1, 0.15) is 23.0 Å². The normalized spacial score (nSPS) is 17.0. The first-order chi connectivity index (χ1) is 22.9. The Bertz CT molecular complexity index is 1660. The van der Waals surface area contributed by atoms with Crippen LogP contribution in [0.2, 0.25) is 0 Å². The lowest BCUT2D eigenvalue weighted by atomic mass is 9.82. The van der Waals surface area contributed by atoms with E-state index in [0.717, 1.165) is 15.6 Å². The second-order valence-electron chi connectivity index (χ2n) is 10.8. The summed E-state index contributed by atoms with van der Waals surface area (Å²) in [7, 11) is 4.70. The maximum atomic E-state index is 14.5. The number of hydrogen-bond donors (Lipinski definition) is 3. The molecule has 3 N–H and O–H groups in total. The van der Waals surface area contributed by atoms with Crippen LogP contribution in [0, 0.1) is 0 Å². The summed E-state index contributed by atoms with van der Waals surface area (Å²) in [6, 6.07) is 28.2. The van der Waals surface area contributed by atoms with E-state index in [9.17, 15) is 4.79 Å². The number of hydrogen-bond acceptors (Lipinski definition) is 9. The fraction of sp³-hybridized carbons (Fsp3) is 0.278. The Morgan fingerprint density at radius 1 is 0.915 bits per heavy atom. The molecule has 5 rings (SSSR count). The average molecular weight is 705 g/mol. The van der Waals surface area contributed by atoms with Crippen LogP contribution in [-0.4, -0.2) is 57.0 Å². The quantitative estimate of drug-likeness (QED) is 0.109. The summed E-state index contributed by atoms with van der Waals surface area (Å²) < 4.78 is 29.7. The molecule has 1 heterocycles. The number of ether oxygens (including phenoxy) is 5. The molecule has 1 aliphatic rings. The fourth-order valence-electron chi connectivity index (χ4n) is 5.42. The molecule has 0 aromatic heterocycles. The van der Waals surface area contributed by atoms with Gasteiger partial charge >= 0.3 is 0 Å². The lowest BCUT2D eigenvalue weighted by Crippen LogP contribution is -2.53. The van der Waals surface area contributed by atoms with Crippen molar-refractivity contribution in [1.82, 2.24) is 10.9 Å². The first kappa shape index (κ1) is 33.8. The van der Waals surface area contributed by atoms with Gasteiger partial charge in [0.15, 0.2) is 11.6 Å². The van der Waals surface area contributed by atoms with E-state index in [0.29, 0.717) is 53.1 Å². The highest BCUT2D eigenvalue weighted by Gasteiger charge is 2.53. The van der Waals surface area contributed by atoms with Crippen LogP contribution in [0.15, 0.2) is 100 Å². The molecular formula is C36H38BrN3O7. The molecule has 10 nitrogen and oxygen atoms in total. The van der Waals surface area contributed by atoms with Crippen LogP contribution >= 0.6 is 15.9 Å². The molecule has 0 bridgehead atoms. The summed E-state index contributed by atoms with van der Waals surface area (Å²) in [4.78, 5) is 19.6. The largest absolute Gasteiger partial charge is 0.496 e. The molecule has 0 fully saturated rings. The van der Waals surface area contributed by atoms with Gasteiger partial charge in [0, 0.05) is 48.2 Å². The number of rotatable bonds is 15. The van der Waals surface area contributed by atoms with Gasteiger partial charge in [-0.2, -0.15) is 0 Å². The van der Waals surface area contributed by atoms with Crippen molar-refractivity contribution in [3.05, 3.63) is 118 Å². The van der Waals surface area contributed by atoms with Gasteiger partial charge in [0.25, 0.3) is 5.91 Å². The minimum Gasteiger partial charge on any atom is -0.496 e. The van der Waals surface area contributed by atoms with Crippen molar-refractivity contribution in [2.75, 3.05) is 34.5 Å². The predicted octanol–water partition coefficient (Wildman–Crippen LogP) is 5.56. The van der Waals surface area contributed by atoms with Gasteiger partial charge in [-0.05, 0) is 41.5 Å².